The maximum absolute atomic E-state index is 13.0. The molecule has 2 amide bonds. The number of carbonyl (C=O) groups is 2. The predicted molar refractivity (Wildman–Crippen MR) is 116 cm³/mol. The van der Waals surface area contributed by atoms with Gasteiger partial charge in [-0.05, 0) is 69.9 Å². The number of ether oxygens (including phenoxy) is 1. The topological polar surface area (TPSA) is 58.6 Å². The molecule has 0 bridgehead atoms. The summed E-state index contributed by atoms with van der Waals surface area (Å²) < 4.78 is 5.86. The first-order chi connectivity index (χ1) is 13.7. The van der Waals surface area contributed by atoms with Crippen LogP contribution < -0.4 is 10.1 Å². The number of benzene rings is 2. The van der Waals surface area contributed by atoms with Crippen LogP contribution >= 0.6 is 0 Å². The van der Waals surface area contributed by atoms with Crippen molar-refractivity contribution in [3.63, 3.8) is 0 Å². The molecule has 2 aromatic carbocycles. The third-order valence-corrected chi connectivity index (χ3v) is 5.11. The second-order valence-electron chi connectivity index (χ2n) is 7.57. The van der Waals surface area contributed by atoms with E-state index in [0.717, 1.165) is 27.8 Å². The largest absolute Gasteiger partial charge is 0.483 e. The molecule has 0 unspecified atom stereocenters. The minimum Gasteiger partial charge on any atom is -0.483 e. The zero-order valence-corrected chi connectivity index (χ0v) is 18.3. The van der Waals surface area contributed by atoms with Crippen LogP contribution in [-0.2, 0) is 16.1 Å². The molecule has 5 heteroatoms. The van der Waals surface area contributed by atoms with Gasteiger partial charge < -0.3 is 15.0 Å². The monoisotopic (exact) mass is 396 g/mol. The Hall–Kier alpha value is -2.82. The Morgan fingerprint density at radius 1 is 1.03 bits per heavy atom. The molecule has 156 valence electrons. The smallest absolute Gasteiger partial charge is 0.261 e. The summed E-state index contributed by atoms with van der Waals surface area (Å²) >= 11 is 0. The van der Waals surface area contributed by atoms with Gasteiger partial charge in [-0.2, -0.15) is 0 Å². The van der Waals surface area contributed by atoms with E-state index in [0.29, 0.717) is 18.8 Å². The first-order valence-electron chi connectivity index (χ1n) is 10.1. The molecule has 5 nitrogen and oxygen atoms in total. The van der Waals surface area contributed by atoms with Gasteiger partial charge in [-0.15, -0.1) is 0 Å². The van der Waals surface area contributed by atoms with E-state index in [1.807, 2.05) is 65.0 Å². The summed E-state index contributed by atoms with van der Waals surface area (Å²) in [7, 11) is 0. The van der Waals surface area contributed by atoms with E-state index >= 15 is 0 Å². The summed E-state index contributed by atoms with van der Waals surface area (Å²) in [5, 5.41) is 2.80. The lowest BCUT2D eigenvalue weighted by Gasteiger charge is -2.29. The minimum absolute atomic E-state index is 0.112. The molecular formula is C24H32N2O3. The second-order valence-corrected chi connectivity index (χ2v) is 7.57. The Bertz CT molecular complexity index is 859. The van der Waals surface area contributed by atoms with Crippen molar-refractivity contribution >= 4 is 11.8 Å². The highest BCUT2D eigenvalue weighted by Gasteiger charge is 2.26. The van der Waals surface area contributed by atoms with Crippen molar-refractivity contribution in [1.82, 2.24) is 10.2 Å². The molecule has 0 heterocycles. The van der Waals surface area contributed by atoms with Gasteiger partial charge in [0.25, 0.3) is 5.91 Å². The Labute approximate surface area is 174 Å². The maximum atomic E-state index is 13.0. The van der Waals surface area contributed by atoms with E-state index in [1.54, 1.807) is 11.8 Å². The number of rotatable bonds is 8. The van der Waals surface area contributed by atoms with Gasteiger partial charge in [0, 0.05) is 13.1 Å². The zero-order chi connectivity index (χ0) is 21.6. The SMILES string of the molecule is CCNC(=O)[C@@H](C)N(Cc1ccc(C)cc1)C(=O)COc1cc(C)cc(C)c1C. The van der Waals surface area contributed by atoms with E-state index in [4.69, 9.17) is 4.74 Å². The third-order valence-electron chi connectivity index (χ3n) is 5.11. The van der Waals surface area contributed by atoms with Gasteiger partial charge in [-0.1, -0.05) is 35.9 Å². The quantitative estimate of drug-likeness (QED) is 0.737. The first kappa shape index (κ1) is 22.5. The minimum atomic E-state index is -0.590. The molecule has 0 aliphatic rings. The lowest BCUT2D eigenvalue weighted by atomic mass is 10.1. The molecule has 0 radical (unpaired) electrons. The van der Waals surface area contributed by atoms with E-state index in [9.17, 15) is 9.59 Å². The predicted octanol–water partition coefficient (Wildman–Crippen LogP) is 3.85. The summed E-state index contributed by atoms with van der Waals surface area (Å²) in [6.07, 6.45) is 0. The summed E-state index contributed by atoms with van der Waals surface area (Å²) in [6.45, 7) is 12.4. The standard InChI is InChI=1S/C24H32N2O3/c1-7-25-24(28)20(6)26(14-21-10-8-16(2)9-11-21)23(27)15-29-22-13-17(3)12-18(4)19(22)5/h8-13,20H,7,14-15H2,1-6H3,(H,25,28)/t20-/m1/s1. The number of amides is 2. The molecular weight excluding hydrogens is 364 g/mol. The lowest BCUT2D eigenvalue weighted by molar-refractivity contribution is -0.142. The zero-order valence-electron chi connectivity index (χ0n) is 18.3. The van der Waals surface area contributed by atoms with Crippen molar-refractivity contribution < 1.29 is 14.3 Å². The van der Waals surface area contributed by atoms with E-state index < -0.39 is 6.04 Å². The lowest BCUT2D eigenvalue weighted by Crippen LogP contribution is -2.49. The molecule has 29 heavy (non-hydrogen) atoms. The van der Waals surface area contributed by atoms with Crippen molar-refractivity contribution in [1.29, 1.82) is 0 Å². The molecule has 0 fully saturated rings. The molecule has 1 N–H and O–H groups in total. The van der Waals surface area contributed by atoms with Crippen LogP contribution in [0, 0.1) is 27.7 Å². The summed E-state index contributed by atoms with van der Waals surface area (Å²) in [4.78, 5) is 27.0. The molecule has 2 rings (SSSR count). The number of hydrogen-bond acceptors (Lipinski definition) is 3. The van der Waals surface area contributed by atoms with Crippen LogP contribution in [-0.4, -0.2) is 35.9 Å². The maximum Gasteiger partial charge on any atom is 0.261 e. The Morgan fingerprint density at radius 3 is 2.31 bits per heavy atom. The summed E-state index contributed by atoms with van der Waals surface area (Å²) in [5.41, 5.74) is 5.35. The van der Waals surface area contributed by atoms with Gasteiger partial charge in [-0.25, -0.2) is 0 Å². The highest BCUT2D eigenvalue weighted by Crippen LogP contribution is 2.23. The highest BCUT2D eigenvalue weighted by atomic mass is 16.5. The summed E-state index contributed by atoms with van der Waals surface area (Å²) in [6, 6.07) is 11.4. The average Bonchev–Trinajstić information content (AvgIpc) is 2.68. The number of nitrogens with one attached hydrogen (secondary N) is 1. The molecule has 0 aliphatic carbocycles. The fourth-order valence-corrected chi connectivity index (χ4v) is 3.17. The number of aryl methyl sites for hydroxylation is 3. The van der Waals surface area contributed by atoms with E-state index in [1.165, 1.54) is 0 Å². The Morgan fingerprint density at radius 2 is 1.69 bits per heavy atom. The summed E-state index contributed by atoms with van der Waals surface area (Å²) in [5.74, 6) is 0.315. The Balaban J connectivity index is 2.19. The molecule has 1 atom stereocenters. The van der Waals surface area contributed by atoms with Crippen molar-refractivity contribution in [3.05, 3.63) is 64.2 Å². The van der Waals surface area contributed by atoms with Crippen LogP contribution in [0.25, 0.3) is 0 Å². The van der Waals surface area contributed by atoms with Gasteiger partial charge in [-0.3, -0.25) is 9.59 Å². The molecule has 0 aliphatic heterocycles. The van der Waals surface area contributed by atoms with Gasteiger partial charge in [0.15, 0.2) is 6.61 Å². The third kappa shape index (κ3) is 6.08. The van der Waals surface area contributed by atoms with Crippen LogP contribution in [0.15, 0.2) is 36.4 Å². The number of likely N-dealkylation sites (N-methyl/N-ethyl adjacent to an activating group) is 1. The van der Waals surface area contributed by atoms with E-state index in [2.05, 4.69) is 11.4 Å². The average molecular weight is 397 g/mol. The van der Waals surface area contributed by atoms with Crippen molar-refractivity contribution in [3.8, 4) is 5.75 Å². The second kappa shape index (κ2) is 10.1. The first-order valence-corrected chi connectivity index (χ1v) is 10.1. The van der Waals surface area contributed by atoms with Gasteiger partial charge >= 0.3 is 0 Å². The van der Waals surface area contributed by atoms with Gasteiger partial charge in [0.2, 0.25) is 5.91 Å². The Kier molecular flexibility index (Phi) is 7.82. The normalized spacial score (nSPS) is 11.7. The molecule has 0 aromatic heterocycles. The van der Waals surface area contributed by atoms with E-state index in [-0.39, 0.29) is 18.4 Å². The molecule has 0 saturated heterocycles. The molecule has 0 spiro atoms. The number of nitrogens with zero attached hydrogens (tertiary/aromatic N) is 1. The number of carbonyl (C=O) groups excluding carboxylic acids is 2. The fraction of sp³-hybridized carbons (Fsp3) is 0.417. The fourth-order valence-electron chi connectivity index (χ4n) is 3.17. The highest BCUT2D eigenvalue weighted by molar-refractivity contribution is 5.87. The molecule has 0 saturated carbocycles. The van der Waals surface area contributed by atoms with Crippen LogP contribution in [0.2, 0.25) is 0 Å². The van der Waals surface area contributed by atoms with Crippen molar-refractivity contribution in [2.24, 2.45) is 0 Å². The van der Waals surface area contributed by atoms with Crippen molar-refractivity contribution in [2.75, 3.05) is 13.2 Å². The van der Waals surface area contributed by atoms with Crippen LogP contribution in [0.5, 0.6) is 5.75 Å². The molecule has 2 aromatic rings. The number of hydrogen-bond donors (Lipinski definition) is 1. The van der Waals surface area contributed by atoms with Crippen molar-refractivity contribution in [2.45, 2.75) is 54.1 Å². The van der Waals surface area contributed by atoms with Gasteiger partial charge in [0.05, 0.1) is 0 Å². The van der Waals surface area contributed by atoms with Crippen LogP contribution in [0.4, 0.5) is 0 Å². The van der Waals surface area contributed by atoms with Gasteiger partial charge in [0.1, 0.15) is 11.8 Å². The van der Waals surface area contributed by atoms with Crippen LogP contribution in [0.1, 0.15) is 41.7 Å². The van der Waals surface area contributed by atoms with Crippen LogP contribution in [0.3, 0.4) is 0 Å².